The molecule has 1 aromatic heterocycles. The van der Waals surface area contributed by atoms with Gasteiger partial charge in [-0.15, -0.1) is 0 Å². The summed E-state index contributed by atoms with van der Waals surface area (Å²) >= 11 is 0. The molecule has 2 aromatic rings. The average Bonchev–Trinajstić information content (AvgIpc) is 3.37. The fourth-order valence-corrected chi connectivity index (χ4v) is 3.60. The molecule has 7 heteroatoms. The highest BCUT2D eigenvalue weighted by Crippen LogP contribution is 2.23. The molecule has 0 bridgehead atoms. The smallest absolute Gasteiger partial charge is 0.251 e. The zero-order valence-electron chi connectivity index (χ0n) is 13.3. The fourth-order valence-electron chi connectivity index (χ4n) is 2.27. The first-order chi connectivity index (χ1) is 11.5. The van der Waals surface area contributed by atoms with E-state index in [9.17, 15) is 13.2 Å². The Balaban J connectivity index is 1.76. The average molecular weight is 345 g/mol. The van der Waals surface area contributed by atoms with Crippen molar-refractivity contribution in [2.24, 2.45) is 0 Å². The molecule has 3 rings (SSSR count). The third-order valence-corrected chi connectivity index (χ3v) is 5.34. The molecule has 0 unspecified atom stereocenters. The van der Waals surface area contributed by atoms with Crippen LogP contribution in [-0.2, 0) is 16.6 Å². The second-order valence-corrected chi connectivity index (χ2v) is 7.59. The lowest BCUT2D eigenvalue weighted by Gasteiger charge is -2.11. The molecule has 0 saturated heterocycles. The van der Waals surface area contributed by atoms with Gasteiger partial charge in [-0.25, -0.2) is 13.1 Å². The van der Waals surface area contributed by atoms with Crippen molar-refractivity contribution >= 4 is 15.9 Å². The number of pyridine rings is 1. The first-order valence-corrected chi connectivity index (χ1v) is 9.25. The number of sulfonamides is 1. The SMILES string of the molecule is Cc1ccc(S(=O)(=O)NC2CC2)cc1C(=O)NCc1ccccn1. The zero-order valence-corrected chi connectivity index (χ0v) is 14.1. The van der Waals surface area contributed by atoms with Crippen LogP contribution in [0.5, 0.6) is 0 Å². The predicted octanol–water partition coefficient (Wildman–Crippen LogP) is 1.76. The quantitative estimate of drug-likeness (QED) is 0.835. The Hall–Kier alpha value is -2.25. The molecule has 0 spiro atoms. The predicted molar refractivity (Wildman–Crippen MR) is 89.9 cm³/mol. The molecule has 126 valence electrons. The van der Waals surface area contributed by atoms with Crippen LogP contribution in [0.3, 0.4) is 0 Å². The van der Waals surface area contributed by atoms with Crippen LogP contribution in [0.2, 0.25) is 0 Å². The summed E-state index contributed by atoms with van der Waals surface area (Å²) in [6, 6.07) is 10.1. The number of hydrogen-bond donors (Lipinski definition) is 2. The van der Waals surface area contributed by atoms with E-state index in [1.165, 1.54) is 12.1 Å². The van der Waals surface area contributed by atoms with Gasteiger partial charge in [0.05, 0.1) is 17.1 Å². The first-order valence-electron chi connectivity index (χ1n) is 7.77. The maximum Gasteiger partial charge on any atom is 0.251 e. The van der Waals surface area contributed by atoms with Gasteiger partial charge in [0.25, 0.3) is 5.91 Å². The zero-order chi connectivity index (χ0) is 17.2. The Morgan fingerprint density at radius 1 is 1.25 bits per heavy atom. The van der Waals surface area contributed by atoms with E-state index in [1.807, 2.05) is 12.1 Å². The van der Waals surface area contributed by atoms with Crippen molar-refractivity contribution in [2.75, 3.05) is 0 Å². The minimum absolute atomic E-state index is 0.0257. The normalized spacial score (nSPS) is 14.4. The third-order valence-electron chi connectivity index (χ3n) is 3.82. The summed E-state index contributed by atoms with van der Waals surface area (Å²) in [6.45, 7) is 2.07. The Morgan fingerprint density at radius 3 is 2.71 bits per heavy atom. The Kier molecular flexibility index (Phi) is 4.64. The van der Waals surface area contributed by atoms with Crippen molar-refractivity contribution in [1.29, 1.82) is 0 Å². The van der Waals surface area contributed by atoms with Gasteiger partial charge in [-0.2, -0.15) is 0 Å². The van der Waals surface area contributed by atoms with E-state index in [4.69, 9.17) is 0 Å². The fraction of sp³-hybridized carbons (Fsp3) is 0.294. The van der Waals surface area contributed by atoms with E-state index in [0.717, 1.165) is 24.1 Å². The number of carbonyl (C=O) groups is 1. The maximum atomic E-state index is 12.4. The third kappa shape index (κ3) is 3.98. The van der Waals surface area contributed by atoms with E-state index >= 15 is 0 Å². The topological polar surface area (TPSA) is 88.2 Å². The van der Waals surface area contributed by atoms with Gasteiger partial charge in [0.2, 0.25) is 10.0 Å². The molecular formula is C17H19N3O3S. The van der Waals surface area contributed by atoms with Crippen molar-refractivity contribution < 1.29 is 13.2 Å². The Bertz CT molecular complexity index is 847. The minimum atomic E-state index is -3.58. The second-order valence-electron chi connectivity index (χ2n) is 5.88. The van der Waals surface area contributed by atoms with Crippen molar-refractivity contribution in [1.82, 2.24) is 15.0 Å². The molecule has 1 aromatic carbocycles. The number of benzene rings is 1. The molecule has 24 heavy (non-hydrogen) atoms. The Morgan fingerprint density at radius 2 is 2.04 bits per heavy atom. The molecule has 6 nitrogen and oxygen atoms in total. The van der Waals surface area contributed by atoms with Crippen LogP contribution in [0.25, 0.3) is 0 Å². The standard InChI is InChI=1S/C17H19N3O3S/c1-12-5-8-15(24(22,23)20-13-6-7-13)10-16(12)17(21)19-11-14-4-2-3-9-18-14/h2-5,8-10,13,20H,6-7,11H2,1H3,(H,19,21). The van der Waals surface area contributed by atoms with Gasteiger partial charge in [0.15, 0.2) is 0 Å². The van der Waals surface area contributed by atoms with Crippen LogP contribution in [0.1, 0.15) is 34.5 Å². The summed E-state index contributed by atoms with van der Waals surface area (Å²) in [5.41, 5.74) is 1.81. The number of rotatable bonds is 6. The lowest BCUT2D eigenvalue weighted by atomic mass is 10.1. The summed E-state index contributed by atoms with van der Waals surface area (Å²) in [5.74, 6) is -0.318. The molecule has 0 aliphatic heterocycles. The molecular weight excluding hydrogens is 326 g/mol. The highest BCUT2D eigenvalue weighted by atomic mass is 32.2. The molecule has 1 fully saturated rings. The van der Waals surface area contributed by atoms with Crippen LogP contribution in [0.4, 0.5) is 0 Å². The first kappa shape index (κ1) is 16.6. The van der Waals surface area contributed by atoms with Crippen LogP contribution in [0.15, 0.2) is 47.5 Å². The number of nitrogens with one attached hydrogen (secondary N) is 2. The number of aromatic nitrogens is 1. The minimum Gasteiger partial charge on any atom is -0.346 e. The molecule has 1 amide bonds. The monoisotopic (exact) mass is 345 g/mol. The largest absolute Gasteiger partial charge is 0.346 e. The van der Waals surface area contributed by atoms with E-state index in [1.54, 1.807) is 25.3 Å². The van der Waals surface area contributed by atoms with Crippen LogP contribution in [0, 0.1) is 6.92 Å². The number of amides is 1. The van der Waals surface area contributed by atoms with E-state index < -0.39 is 10.0 Å². The van der Waals surface area contributed by atoms with E-state index in [2.05, 4.69) is 15.0 Å². The molecule has 0 radical (unpaired) electrons. The molecule has 2 N–H and O–H groups in total. The van der Waals surface area contributed by atoms with Crippen molar-refractivity contribution in [3.63, 3.8) is 0 Å². The number of carbonyl (C=O) groups excluding carboxylic acids is 1. The van der Waals surface area contributed by atoms with Gasteiger partial charge in [-0.05, 0) is 49.6 Å². The Labute approximate surface area is 141 Å². The van der Waals surface area contributed by atoms with Gasteiger partial charge in [0.1, 0.15) is 0 Å². The highest BCUT2D eigenvalue weighted by Gasteiger charge is 2.28. The summed E-state index contributed by atoms with van der Waals surface area (Å²) in [4.78, 5) is 16.7. The molecule has 1 aliphatic rings. The van der Waals surface area contributed by atoms with Crippen LogP contribution in [-0.4, -0.2) is 25.4 Å². The number of aryl methyl sites for hydroxylation is 1. The molecule has 0 atom stereocenters. The number of nitrogens with zero attached hydrogens (tertiary/aromatic N) is 1. The summed E-state index contributed by atoms with van der Waals surface area (Å²) in [5, 5.41) is 2.77. The summed E-state index contributed by atoms with van der Waals surface area (Å²) < 4.78 is 27.2. The van der Waals surface area contributed by atoms with Gasteiger partial charge < -0.3 is 5.32 Å². The highest BCUT2D eigenvalue weighted by molar-refractivity contribution is 7.89. The maximum absolute atomic E-state index is 12.4. The summed E-state index contributed by atoms with van der Waals surface area (Å²) in [6.07, 6.45) is 3.38. The van der Waals surface area contributed by atoms with Gasteiger partial charge in [-0.3, -0.25) is 9.78 Å². The lowest BCUT2D eigenvalue weighted by molar-refractivity contribution is 0.0949. The second kappa shape index (κ2) is 6.70. The number of hydrogen-bond acceptors (Lipinski definition) is 4. The van der Waals surface area contributed by atoms with Crippen molar-refractivity contribution in [3.8, 4) is 0 Å². The van der Waals surface area contributed by atoms with Crippen LogP contribution >= 0.6 is 0 Å². The van der Waals surface area contributed by atoms with Crippen molar-refractivity contribution in [3.05, 3.63) is 59.4 Å². The van der Waals surface area contributed by atoms with Gasteiger partial charge >= 0.3 is 0 Å². The van der Waals surface area contributed by atoms with E-state index in [-0.39, 0.29) is 23.4 Å². The summed E-state index contributed by atoms with van der Waals surface area (Å²) in [7, 11) is -3.58. The van der Waals surface area contributed by atoms with Crippen molar-refractivity contribution in [2.45, 2.75) is 37.2 Å². The van der Waals surface area contributed by atoms with E-state index in [0.29, 0.717) is 5.56 Å². The lowest BCUT2D eigenvalue weighted by Crippen LogP contribution is -2.27. The van der Waals surface area contributed by atoms with Gasteiger partial charge in [0, 0.05) is 17.8 Å². The molecule has 1 aliphatic carbocycles. The van der Waals surface area contributed by atoms with Crippen LogP contribution < -0.4 is 10.0 Å². The molecule has 1 saturated carbocycles. The van der Waals surface area contributed by atoms with Gasteiger partial charge in [-0.1, -0.05) is 12.1 Å². The molecule has 1 heterocycles.